The fourth-order valence-corrected chi connectivity index (χ4v) is 2.93. The lowest BCUT2D eigenvalue weighted by Gasteiger charge is -2.10. The van der Waals surface area contributed by atoms with E-state index >= 15 is 0 Å². The van der Waals surface area contributed by atoms with Crippen molar-refractivity contribution in [1.82, 2.24) is 9.78 Å². The molecule has 1 aromatic heterocycles. The monoisotopic (exact) mass is 414 g/mol. The first-order valence-corrected chi connectivity index (χ1v) is 8.62. The molecule has 0 amide bonds. The summed E-state index contributed by atoms with van der Waals surface area (Å²) in [6, 6.07) is 7.80. The highest BCUT2D eigenvalue weighted by atomic mass is 35.5. The first-order chi connectivity index (χ1) is 13.3. The molecule has 9 heteroatoms. The average Bonchev–Trinajstić information content (AvgIpc) is 2.93. The highest BCUT2D eigenvalue weighted by Gasteiger charge is 2.31. The van der Waals surface area contributed by atoms with Crippen LogP contribution < -0.4 is 4.74 Å². The molecule has 0 spiro atoms. The van der Waals surface area contributed by atoms with E-state index in [0.717, 1.165) is 6.07 Å². The maximum Gasteiger partial charge on any atom is 0.573 e. The van der Waals surface area contributed by atoms with E-state index in [4.69, 9.17) is 16.7 Å². The molecule has 0 aliphatic carbocycles. The maximum atomic E-state index is 13.3. The Morgan fingerprint density at radius 2 is 1.96 bits per heavy atom. The number of benzene rings is 2. The molecular formula is C19H15ClF4N2O2. The number of hydrogen-bond acceptors (Lipinski definition) is 3. The van der Waals surface area contributed by atoms with Crippen molar-refractivity contribution >= 4 is 28.6 Å². The molecule has 0 fully saturated rings. The second-order valence-corrected chi connectivity index (χ2v) is 6.33. The van der Waals surface area contributed by atoms with Gasteiger partial charge in [0.05, 0.1) is 17.8 Å². The first-order valence-electron chi connectivity index (χ1n) is 8.24. The molecule has 3 rings (SSSR count). The van der Waals surface area contributed by atoms with Crippen molar-refractivity contribution in [2.45, 2.75) is 19.3 Å². The van der Waals surface area contributed by atoms with E-state index in [-0.39, 0.29) is 23.9 Å². The fourth-order valence-electron chi connectivity index (χ4n) is 2.70. The van der Waals surface area contributed by atoms with Crippen molar-refractivity contribution in [3.05, 3.63) is 64.6 Å². The number of alkyl halides is 3. The summed E-state index contributed by atoms with van der Waals surface area (Å²) >= 11 is 6.06. The van der Waals surface area contributed by atoms with Gasteiger partial charge in [-0.05, 0) is 42.3 Å². The summed E-state index contributed by atoms with van der Waals surface area (Å²) in [5.74, 6) is -0.871. The van der Waals surface area contributed by atoms with Crippen LogP contribution in [-0.2, 0) is 6.54 Å². The van der Waals surface area contributed by atoms with Gasteiger partial charge in [0, 0.05) is 23.1 Å². The van der Waals surface area contributed by atoms with Crippen molar-refractivity contribution in [3.63, 3.8) is 0 Å². The molecule has 0 bridgehead atoms. The number of aliphatic hydroxyl groups excluding tert-OH is 1. The quantitative estimate of drug-likeness (QED) is 0.566. The van der Waals surface area contributed by atoms with Gasteiger partial charge in [0.1, 0.15) is 11.6 Å². The molecular weight excluding hydrogens is 400 g/mol. The third kappa shape index (κ3) is 4.82. The predicted molar refractivity (Wildman–Crippen MR) is 97.7 cm³/mol. The third-order valence-corrected chi connectivity index (χ3v) is 4.24. The van der Waals surface area contributed by atoms with Crippen LogP contribution in [0.3, 0.4) is 0 Å². The number of rotatable bonds is 6. The highest BCUT2D eigenvalue weighted by Crippen LogP contribution is 2.30. The summed E-state index contributed by atoms with van der Waals surface area (Å²) in [6.45, 7) is 0.0861. The van der Waals surface area contributed by atoms with Crippen molar-refractivity contribution < 1.29 is 27.4 Å². The number of aliphatic hydroxyl groups is 1. The van der Waals surface area contributed by atoms with Crippen molar-refractivity contribution in [1.29, 1.82) is 0 Å². The Morgan fingerprint density at radius 3 is 2.64 bits per heavy atom. The van der Waals surface area contributed by atoms with E-state index < -0.39 is 12.2 Å². The van der Waals surface area contributed by atoms with E-state index in [0.29, 0.717) is 28.6 Å². The minimum absolute atomic E-state index is 0.0378. The Morgan fingerprint density at radius 1 is 1.18 bits per heavy atom. The zero-order valence-corrected chi connectivity index (χ0v) is 15.1. The van der Waals surface area contributed by atoms with Crippen LogP contribution in [0.2, 0.25) is 5.02 Å². The Balaban J connectivity index is 2.06. The predicted octanol–water partition coefficient (Wildman–Crippen LogP) is 5.17. The highest BCUT2D eigenvalue weighted by molar-refractivity contribution is 6.31. The molecule has 3 aromatic rings. The van der Waals surface area contributed by atoms with Gasteiger partial charge in [-0.3, -0.25) is 4.68 Å². The van der Waals surface area contributed by atoms with Gasteiger partial charge < -0.3 is 9.84 Å². The number of halogens is 5. The second-order valence-electron chi connectivity index (χ2n) is 5.92. The fraction of sp³-hybridized carbons (Fsp3) is 0.211. The van der Waals surface area contributed by atoms with E-state index in [9.17, 15) is 17.6 Å². The molecule has 0 saturated carbocycles. The zero-order chi connectivity index (χ0) is 20.3. The van der Waals surface area contributed by atoms with Crippen LogP contribution in [0.4, 0.5) is 17.6 Å². The van der Waals surface area contributed by atoms with Gasteiger partial charge in [-0.15, -0.1) is 13.2 Å². The van der Waals surface area contributed by atoms with Gasteiger partial charge in [0.25, 0.3) is 0 Å². The minimum atomic E-state index is -4.82. The SMILES string of the molecule is OCC/C=C/c1nn(Cc2ccc(F)cc2Cl)c2cc(OC(F)(F)F)ccc12. The molecule has 0 radical (unpaired) electrons. The Hall–Kier alpha value is -2.58. The number of hydrogen-bond donors (Lipinski definition) is 1. The van der Waals surface area contributed by atoms with Gasteiger partial charge in [-0.25, -0.2) is 4.39 Å². The van der Waals surface area contributed by atoms with Crippen molar-refractivity contribution in [2.75, 3.05) is 6.61 Å². The van der Waals surface area contributed by atoms with Gasteiger partial charge >= 0.3 is 6.36 Å². The topological polar surface area (TPSA) is 47.3 Å². The van der Waals surface area contributed by atoms with E-state index in [2.05, 4.69) is 9.84 Å². The van der Waals surface area contributed by atoms with Gasteiger partial charge in [-0.1, -0.05) is 23.7 Å². The Kier molecular flexibility index (Phi) is 5.90. The number of ether oxygens (including phenoxy) is 1. The van der Waals surface area contributed by atoms with Crippen LogP contribution in [0.1, 0.15) is 17.7 Å². The van der Waals surface area contributed by atoms with Crippen LogP contribution in [-0.4, -0.2) is 27.9 Å². The number of nitrogens with zero attached hydrogens (tertiary/aromatic N) is 2. The lowest BCUT2D eigenvalue weighted by molar-refractivity contribution is -0.274. The average molecular weight is 415 g/mol. The first kappa shape index (κ1) is 20.2. The van der Waals surface area contributed by atoms with Crippen LogP contribution in [0.5, 0.6) is 5.75 Å². The van der Waals surface area contributed by atoms with Gasteiger partial charge in [0.2, 0.25) is 0 Å². The minimum Gasteiger partial charge on any atom is -0.406 e. The standard InChI is InChI=1S/C19H15ClF4N2O2/c20-16-9-13(21)5-4-12(16)11-26-18-10-14(28-19(22,23)24)6-7-15(18)17(25-26)3-1-2-8-27/h1,3-7,9-10,27H,2,8,11H2/b3-1+. The summed E-state index contributed by atoms with van der Waals surface area (Å²) in [7, 11) is 0. The van der Waals surface area contributed by atoms with Crippen LogP contribution >= 0.6 is 11.6 Å². The molecule has 4 nitrogen and oxygen atoms in total. The number of fused-ring (bicyclic) bond motifs is 1. The third-order valence-electron chi connectivity index (χ3n) is 3.89. The molecule has 148 valence electrons. The van der Waals surface area contributed by atoms with Crippen LogP contribution in [0.25, 0.3) is 17.0 Å². The lowest BCUT2D eigenvalue weighted by atomic mass is 10.1. The summed E-state index contributed by atoms with van der Waals surface area (Å²) in [4.78, 5) is 0. The molecule has 1 N–H and O–H groups in total. The largest absolute Gasteiger partial charge is 0.573 e. The Labute approximate surface area is 162 Å². The summed E-state index contributed by atoms with van der Waals surface area (Å²) < 4.78 is 56.4. The van der Waals surface area contributed by atoms with Crippen molar-refractivity contribution in [3.8, 4) is 5.75 Å². The lowest BCUT2D eigenvalue weighted by Crippen LogP contribution is -2.17. The van der Waals surface area contributed by atoms with E-state index in [1.54, 1.807) is 12.2 Å². The van der Waals surface area contributed by atoms with Crippen LogP contribution in [0, 0.1) is 5.82 Å². The molecule has 0 saturated heterocycles. The number of aromatic nitrogens is 2. The normalized spacial score (nSPS) is 12.2. The maximum absolute atomic E-state index is 13.3. The summed E-state index contributed by atoms with van der Waals surface area (Å²) in [6.07, 6.45) is -1.03. The zero-order valence-electron chi connectivity index (χ0n) is 14.4. The second kappa shape index (κ2) is 8.20. The van der Waals surface area contributed by atoms with Crippen LogP contribution in [0.15, 0.2) is 42.5 Å². The Bertz CT molecular complexity index is 1020. The molecule has 0 atom stereocenters. The molecule has 0 aliphatic rings. The molecule has 0 unspecified atom stereocenters. The van der Waals surface area contributed by atoms with Crippen molar-refractivity contribution in [2.24, 2.45) is 0 Å². The molecule has 2 aromatic carbocycles. The summed E-state index contributed by atoms with van der Waals surface area (Å²) in [5.41, 5.74) is 1.46. The molecule has 0 aliphatic heterocycles. The smallest absolute Gasteiger partial charge is 0.406 e. The van der Waals surface area contributed by atoms with E-state index in [1.165, 1.54) is 35.0 Å². The van der Waals surface area contributed by atoms with Gasteiger partial charge in [-0.2, -0.15) is 5.10 Å². The molecule has 1 heterocycles. The summed E-state index contributed by atoms with van der Waals surface area (Å²) in [5, 5.41) is 14.1. The van der Waals surface area contributed by atoms with E-state index in [1.807, 2.05) is 0 Å². The molecule has 28 heavy (non-hydrogen) atoms. The van der Waals surface area contributed by atoms with Gasteiger partial charge in [0.15, 0.2) is 0 Å².